The zero-order chi connectivity index (χ0) is 11.4. The second-order valence-electron chi connectivity index (χ2n) is 3.86. The van der Waals surface area contributed by atoms with Crippen molar-refractivity contribution in [3.05, 3.63) is 23.9 Å². The van der Waals surface area contributed by atoms with E-state index in [0.717, 1.165) is 25.9 Å². The van der Waals surface area contributed by atoms with Gasteiger partial charge in [0.25, 0.3) is 0 Å². The SMILES string of the molecule is O=C(O)c1cccnc1NN1CCCCC1. The minimum absolute atomic E-state index is 0.216. The quantitative estimate of drug-likeness (QED) is 0.811. The van der Waals surface area contributed by atoms with Crippen LogP contribution in [-0.4, -0.2) is 34.2 Å². The van der Waals surface area contributed by atoms with Gasteiger partial charge in [-0.1, -0.05) is 6.42 Å². The molecule has 0 unspecified atom stereocenters. The van der Waals surface area contributed by atoms with Gasteiger partial charge in [0.1, 0.15) is 5.56 Å². The number of nitrogens with one attached hydrogen (secondary N) is 1. The van der Waals surface area contributed by atoms with Crippen molar-refractivity contribution in [2.75, 3.05) is 18.5 Å². The highest BCUT2D eigenvalue weighted by Crippen LogP contribution is 2.15. The van der Waals surface area contributed by atoms with Crippen molar-refractivity contribution in [1.82, 2.24) is 9.99 Å². The zero-order valence-corrected chi connectivity index (χ0v) is 9.02. The van der Waals surface area contributed by atoms with E-state index in [4.69, 9.17) is 5.11 Å². The summed E-state index contributed by atoms with van der Waals surface area (Å²) in [5, 5.41) is 11.0. The van der Waals surface area contributed by atoms with Gasteiger partial charge in [-0.15, -0.1) is 0 Å². The van der Waals surface area contributed by atoms with Crippen LogP contribution in [0, 0.1) is 0 Å². The molecule has 1 aliphatic heterocycles. The minimum Gasteiger partial charge on any atom is -0.478 e. The number of carboxylic acids is 1. The Morgan fingerprint density at radius 3 is 2.81 bits per heavy atom. The van der Waals surface area contributed by atoms with Gasteiger partial charge in [-0.3, -0.25) is 0 Å². The number of carbonyl (C=O) groups is 1. The Balaban J connectivity index is 2.10. The van der Waals surface area contributed by atoms with Gasteiger partial charge >= 0.3 is 5.97 Å². The van der Waals surface area contributed by atoms with Crippen LogP contribution in [0.5, 0.6) is 0 Å². The van der Waals surface area contributed by atoms with Gasteiger partial charge in [0.05, 0.1) is 0 Å². The molecule has 0 saturated carbocycles. The largest absolute Gasteiger partial charge is 0.478 e. The third-order valence-electron chi connectivity index (χ3n) is 2.66. The number of piperidine rings is 1. The van der Waals surface area contributed by atoms with Crippen LogP contribution in [0.2, 0.25) is 0 Å². The Morgan fingerprint density at radius 1 is 1.38 bits per heavy atom. The van der Waals surface area contributed by atoms with E-state index in [0.29, 0.717) is 5.82 Å². The second kappa shape index (κ2) is 4.94. The summed E-state index contributed by atoms with van der Waals surface area (Å²) in [5.74, 6) is -0.524. The van der Waals surface area contributed by atoms with Gasteiger partial charge in [0, 0.05) is 19.3 Å². The molecule has 1 fully saturated rings. The molecule has 0 amide bonds. The number of nitrogens with zero attached hydrogens (tertiary/aromatic N) is 2. The van der Waals surface area contributed by atoms with Gasteiger partial charge in [-0.25, -0.2) is 14.8 Å². The molecule has 1 aromatic heterocycles. The van der Waals surface area contributed by atoms with Gasteiger partial charge in [0.2, 0.25) is 0 Å². The Hall–Kier alpha value is -1.62. The molecular formula is C11H15N3O2. The lowest BCUT2D eigenvalue weighted by atomic mass is 10.2. The van der Waals surface area contributed by atoms with E-state index in [1.54, 1.807) is 18.3 Å². The van der Waals surface area contributed by atoms with Gasteiger partial charge in [0.15, 0.2) is 5.82 Å². The molecule has 0 aliphatic carbocycles. The maximum absolute atomic E-state index is 11.0. The lowest BCUT2D eigenvalue weighted by Crippen LogP contribution is -2.35. The molecule has 0 atom stereocenters. The summed E-state index contributed by atoms with van der Waals surface area (Å²) in [5.41, 5.74) is 3.29. The molecule has 5 nitrogen and oxygen atoms in total. The molecule has 1 saturated heterocycles. The van der Waals surface area contributed by atoms with Crippen molar-refractivity contribution in [1.29, 1.82) is 0 Å². The molecule has 86 valence electrons. The number of rotatable bonds is 3. The van der Waals surface area contributed by atoms with Crippen LogP contribution in [0.3, 0.4) is 0 Å². The number of aromatic carboxylic acids is 1. The summed E-state index contributed by atoms with van der Waals surface area (Å²) < 4.78 is 0. The lowest BCUT2D eigenvalue weighted by molar-refractivity contribution is 0.0697. The number of pyridine rings is 1. The summed E-state index contributed by atoms with van der Waals surface area (Å²) in [4.78, 5) is 15.0. The molecule has 16 heavy (non-hydrogen) atoms. The molecule has 2 N–H and O–H groups in total. The number of anilines is 1. The molecule has 0 spiro atoms. The molecule has 0 radical (unpaired) electrons. The monoisotopic (exact) mass is 221 g/mol. The van der Waals surface area contributed by atoms with E-state index in [1.165, 1.54) is 6.42 Å². The van der Waals surface area contributed by atoms with E-state index in [2.05, 4.69) is 10.4 Å². The van der Waals surface area contributed by atoms with Crippen LogP contribution in [0.4, 0.5) is 5.82 Å². The number of aromatic nitrogens is 1. The summed E-state index contributed by atoms with van der Waals surface area (Å²) in [6.07, 6.45) is 5.12. The van der Waals surface area contributed by atoms with E-state index in [1.807, 2.05) is 5.01 Å². The molecular weight excluding hydrogens is 206 g/mol. The maximum Gasteiger partial charge on any atom is 0.339 e. The average molecular weight is 221 g/mol. The van der Waals surface area contributed by atoms with Crippen LogP contribution in [0.1, 0.15) is 29.6 Å². The van der Waals surface area contributed by atoms with E-state index < -0.39 is 5.97 Å². The lowest BCUT2D eigenvalue weighted by Gasteiger charge is -2.27. The first-order chi connectivity index (χ1) is 7.77. The van der Waals surface area contributed by atoms with Crippen molar-refractivity contribution < 1.29 is 9.90 Å². The maximum atomic E-state index is 11.0. The fourth-order valence-corrected chi connectivity index (χ4v) is 1.82. The first-order valence-corrected chi connectivity index (χ1v) is 5.47. The number of hydrazine groups is 1. The Labute approximate surface area is 94.1 Å². The predicted octanol–water partition coefficient (Wildman–Crippen LogP) is 1.59. The van der Waals surface area contributed by atoms with Crippen molar-refractivity contribution >= 4 is 11.8 Å². The normalized spacial score (nSPS) is 17.0. The first-order valence-electron chi connectivity index (χ1n) is 5.47. The van der Waals surface area contributed by atoms with Gasteiger partial charge < -0.3 is 10.5 Å². The van der Waals surface area contributed by atoms with Gasteiger partial charge in [-0.2, -0.15) is 0 Å². The smallest absolute Gasteiger partial charge is 0.339 e. The summed E-state index contributed by atoms with van der Waals surface area (Å²) >= 11 is 0. The van der Waals surface area contributed by atoms with Crippen LogP contribution in [0.15, 0.2) is 18.3 Å². The fraction of sp³-hybridized carbons (Fsp3) is 0.455. The molecule has 1 aliphatic rings. The Morgan fingerprint density at radius 2 is 2.12 bits per heavy atom. The number of hydrogen-bond donors (Lipinski definition) is 2. The Bertz CT molecular complexity index is 375. The molecule has 2 heterocycles. The van der Waals surface area contributed by atoms with Crippen molar-refractivity contribution in [2.45, 2.75) is 19.3 Å². The second-order valence-corrected chi connectivity index (χ2v) is 3.86. The van der Waals surface area contributed by atoms with Crippen molar-refractivity contribution in [2.24, 2.45) is 0 Å². The van der Waals surface area contributed by atoms with Crippen molar-refractivity contribution in [3.8, 4) is 0 Å². The minimum atomic E-state index is -0.951. The highest BCUT2D eigenvalue weighted by molar-refractivity contribution is 5.92. The van der Waals surface area contributed by atoms with E-state index in [9.17, 15) is 4.79 Å². The fourth-order valence-electron chi connectivity index (χ4n) is 1.82. The van der Waals surface area contributed by atoms with Crippen LogP contribution < -0.4 is 5.43 Å². The first kappa shape index (κ1) is 10.9. The molecule has 1 aromatic rings. The Kier molecular flexibility index (Phi) is 3.36. The zero-order valence-electron chi connectivity index (χ0n) is 9.02. The standard InChI is InChI=1S/C11H15N3O2/c15-11(16)9-5-4-6-12-10(9)13-14-7-2-1-3-8-14/h4-6H,1-3,7-8H2,(H,12,13)(H,15,16). The summed E-state index contributed by atoms with van der Waals surface area (Å²) in [6, 6.07) is 3.19. The molecule has 0 aromatic carbocycles. The number of carboxylic acid groups (broad SMARTS) is 1. The highest BCUT2D eigenvalue weighted by Gasteiger charge is 2.15. The molecule has 2 rings (SSSR count). The third kappa shape index (κ3) is 2.49. The molecule has 5 heteroatoms. The van der Waals surface area contributed by atoms with E-state index >= 15 is 0 Å². The summed E-state index contributed by atoms with van der Waals surface area (Å²) in [7, 11) is 0. The average Bonchev–Trinajstić information content (AvgIpc) is 2.31. The summed E-state index contributed by atoms with van der Waals surface area (Å²) in [6.45, 7) is 1.88. The van der Waals surface area contributed by atoms with E-state index in [-0.39, 0.29) is 5.56 Å². The topological polar surface area (TPSA) is 65.5 Å². The number of hydrogen-bond acceptors (Lipinski definition) is 4. The van der Waals surface area contributed by atoms with Crippen LogP contribution in [0.25, 0.3) is 0 Å². The van der Waals surface area contributed by atoms with Crippen LogP contribution >= 0.6 is 0 Å². The predicted molar refractivity (Wildman–Crippen MR) is 60.2 cm³/mol. The van der Waals surface area contributed by atoms with Crippen LogP contribution in [-0.2, 0) is 0 Å². The van der Waals surface area contributed by atoms with Gasteiger partial charge in [-0.05, 0) is 25.0 Å². The van der Waals surface area contributed by atoms with Crippen molar-refractivity contribution in [3.63, 3.8) is 0 Å². The highest BCUT2D eigenvalue weighted by atomic mass is 16.4. The molecule has 0 bridgehead atoms. The third-order valence-corrected chi connectivity index (χ3v) is 2.66.